The first kappa shape index (κ1) is 26.1. The van der Waals surface area contributed by atoms with Crippen molar-refractivity contribution in [3.63, 3.8) is 0 Å². The zero-order valence-electron chi connectivity index (χ0n) is 18.1. The number of hydrogen-bond acceptors (Lipinski definition) is 5. The van der Waals surface area contributed by atoms with Crippen LogP contribution in [0.4, 0.5) is 13.2 Å². The van der Waals surface area contributed by atoms with Crippen LogP contribution in [0.5, 0.6) is 0 Å². The predicted octanol–water partition coefficient (Wildman–Crippen LogP) is 2.26. The summed E-state index contributed by atoms with van der Waals surface area (Å²) in [6.45, 7) is 2.83. The summed E-state index contributed by atoms with van der Waals surface area (Å²) in [5, 5.41) is 4.65. The number of sulfone groups is 1. The first-order valence-electron chi connectivity index (χ1n) is 10.5. The van der Waals surface area contributed by atoms with Gasteiger partial charge >= 0.3 is 6.18 Å². The molecule has 1 saturated carbocycles. The zero-order chi connectivity index (χ0) is 24.1. The molecule has 1 fully saturated rings. The maximum Gasteiger partial charge on any atom is 0.416 e. The molecule has 0 unspecified atom stereocenters. The van der Waals surface area contributed by atoms with Gasteiger partial charge in [0.1, 0.15) is 0 Å². The number of hydrogen-bond donors (Lipinski definition) is 3. The summed E-state index contributed by atoms with van der Waals surface area (Å²) >= 11 is 0. The van der Waals surface area contributed by atoms with E-state index in [1.807, 2.05) is 0 Å². The van der Waals surface area contributed by atoms with E-state index in [-0.39, 0.29) is 29.3 Å². The van der Waals surface area contributed by atoms with Crippen LogP contribution in [0.1, 0.15) is 55.5 Å². The number of carbonyl (C=O) groups excluding carboxylic acids is 2. The Balaban J connectivity index is 1.93. The van der Waals surface area contributed by atoms with E-state index in [1.165, 1.54) is 6.07 Å². The lowest BCUT2D eigenvalue weighted by molar-refractivity contribution is -0.137. The summed E-state index contributed by atoms with van der Waals surface area (Å²) in [5.74, 6) is -1.41. The number of nitrogens with one attached hydrogen (secondary N) is 2. The molecule has 0 bridgehead atoms. The Bertz CT molecular complexity index is 919. The second kappa shape index (κ2) is 10.7. The Morgan fingerprint density at radius 1 is 1.22 bits per heavy atom. The average Bonchev–Trinajstić information content (AvgIpc) is 2.71. The molecule has 2 rings (SSSR count). The molecule has 3 atom stereocenters. The lowest BCUT2D eigenvalue weighted by Gasteiger charge is -2.35. The fraction of sp³-hybridized carbons (Fsp3) is 0.619. The first-order chi connectivity index (χ1) is 14.8. The van der Waals surface area contributed by atoms with E-state index >= 15 is 0 Å². The maximum absolute atomic E-state index is 12.8. The molecule has 0 spiro atoms. The van der Waals surface area contributed by atoms with E-state index < -0.39 is 45.2 Å². The molecule has 0 heterocycles. The van der Waals surface area contributed by atoms with Gasteiger partial charge in [-0.25, -0.2) is 8.42 Å². The van der Waals surface area contributed by atoms with Crippen molar-refractivity contribution in [2.45, 2.75) is 63.0 Å². The van der Waals surface area contributed by atoms with Gasteiger partial charge < -0.3 is 16.4 Å². The largest absolute Gasteiger partial charge is 0.416 e. The number of alkyl halides is 3. The number of benzene rings is 1. The third-order valence-corrected chi connectivity index (χ3v) is 7.96. The highest BCUT2D eigenvalue weighted by Gasteiger charge is 2.32. The Kier molecular flexibility index (Phi) is 8.69. The molecule has 1 aromatic carbocycles. The number of amides is 2. The van der Waals surface area contributed by atoms with Crippen LogP contribution in [-0.2, 0) is 20.8 Å². The van der Waals surface area contributed by atoms with E-state index in [4.69, 9.17) is 5.73 Å². The normalized spacial score (nSPS) is 21.9. The fourth-order valence-corrected chi connectivity index (χ4v) is 4.82. The third-order valence-electron chi connectivity index (χ3n) is 5.72. The van der Waals surface area contributed by atoms with Crippen molar-refractivity contribution >= 4 is 21.7 Å². The molecule has 0 aromatic heterocycles. The molecule has 1 aliphatic carbocycles. The number of halogens is 3. The zero-order valence-corrected chi connectivity index (χ0v) is 18.9. The van der Waals surface area contributed by atoms with Crippen LogP contribution in [-0.4, -0.2) is 49.9 Å². The van der Waals surface area contributed by atoms with Crippen LogP contribution in [0.25, 0.3) is 0 Å². The van der Waals surface area contributed by atoms with Crippen molar-refractivity contribution in [3.05, 3.63) is 35.4 Å². The molecule has 2 amide bonds. The van der Waals surface area contributed by atoms with Gasteiger partial charge in [-0.2, -0.15) is 13.2 Å². The Hall–Kier alpha value is -2.14. The van der Waals surface area contributed by atoms with Crippen LogP contribution in [0.15, 0.2) is 24.3 Å². The van der Waals surface area contributed by atoms with Gasteiger partial charge in [0.2, 0.25) is 5.91 Å². The van der Waals surface area contributed by atoms with E-state index in [9.17, 15) is 31.2 Å². The van der Waals surface area contributed by atoms with Crippen molar-refractivity contribution in [2.75, 3.05) is 12.3 Å². The molecule has 180 valence electrons. The van der Waals surface area contributed by atoms with Gasteiger partial charge in [0.25, 0.3) is 5.91 Å². The van der Waals surface area contributed by atoms with Crippen molar-refractivity contribution < 1.29 is 31.2 Å². The lowest BCUT2D eigenvalue weighted by atomic mass is 9.80. The summed E-state index contributed by atoms with van der Waals surface area (Å²) in [5.41, 5.74) is 4.87. The van der Waals surface area contributed by atoms with Crippen LogP contribution >= 0.6 is 0 Å². The minimum absolute atomic E-state index is 0.000700. The SMILES string of the molecule is CC(C)S(=O)(=O)CC[C@H]1C[C@H](N)CC[C@@H]1NC(=O)CNC(=O)c1cccc(C(F)(F)F)c1. The van der Waals surface area contributed by atoms with Gasteiger partial charge in [0.05, 0.1) is 23.1 Å². The van der Waals surface area contributed by atoms with Crippen molar-refractivity contribution in [2.24, 2.45) is 11.7 Å². The highest BCUT2D eigenvalue weighted by atomic mass is 32.2. The van der Waals surface area contributed by atoms with E-state index in [0.717, 1.165) is 18.2 Å². The summed E-state index contributed by atoms with van der Waals surface area (Å²) in [4.78, 5) is 24.5. The predicted molar refractivity (Wildman–Crippen MR) is 115 cm³/mol. The van der Waals surface area contributed by atoms with Crippen LogP contribution in [0.2, 0.25) is 0 Å². The van der Waals surface area contributed by atoms with Gasteiger partial charge in [-0.3, -0.25) is 9.59 Å². The molecule has 1 aliphatic rings. The molecule has 1 aromatic rings. The van der Waals surface area contributed by atoms with Crippen molar-refractivity contribution in [1.82, 2.24) is 10.6 Å². The van der Waals surface area contributed by atoms with Crippen LogP contribution in [0.3, 0.4) is 0 Å². The highest BCUT2D eigenvalue weighted by molar-refractivity contribution is 7.91. The molecule has 0 saturated heterocycles. The molecule has 32 heavy (non-hydrogen) atoms. The summed E-state index contributed by atoms with van der Waals surface area (Å²) in [6, 6.07) is 3.58. The van der Waals surface area contributed by atoms with E-state index in [1.54, 1.807) is 13.8 Å². The monoisotopic (exact) mass is 477 g/mol. The molecular weight excluding hydrogens is 447 g/mol. The summed E-state index contributed by atoms with van der Waals surface area (Å²) < 4.78 is 62.7. The molecular formula is C21H30F3N3O4S. The van der Waals surface area contributed by atoms with Gasteiger partial charge in [-0.15, -0.1) is 0 Å². The standard InChI is InChI=1S/C21H30F3N3O4S/c1-13(2)32(30,31)9-8-14-11-17(25)6-7-18(14)27-19(28)12-26-20(29)15-4-3-5-16(10-15)21(22,23)24/h3-5,10,13-14,17-18H,6-9,11-12,25H2,1-2H3,(H,26,29)(H,27,28)/t14-,17+,18-/m0/s1. The number of nitrogens with two attached hydrogens (primary N) is 1. The average molecular weight is 478 g/mol. The lowest BCUT2D eigenvalue weighted by Crippen LogP contribution is -2.49. The second-order valence-electron chi connectivity index (χ2n) is 8.47. The fourth-order valence-electron chi connectivity index (χ4n) is 3.72. The summed E-state index contributed by atoms with van der Waals surface area (Å²) in [6.07, 6.45) is -2.37. The van der Waals surface area contributed by atoms with Crippen molar-refractivity contribution in [1.29, 1.82) is 0 Å². The smallest absolute Gasteiger partial charge is 0.352 e. The topological polar surface area (TPSA) is 118 Å². The highest BCUT2D eigenvalue weighted by Crippen LogP contribution is 2.30. The Morgan fingerprint density at radius 2 is 1.91 bits per heavy atom. The summed E-state index contributed by atoms with van der Waals surface area (Å²) in [7, 11) is -3.22. The maximum atomic E-state index is 12.8. The van der Waals surface area contributed by atoms with Crippen LogP contribution < -0.4 is 16.4 Å². The van der Waals surface area contributed by atoms with E-state index in [2.05, 4.69) is 10.6 Å². The quantitative estimate of drug-likeness (QED) is 0.531. The third kappa shape index (κ3) is 7.47. The van der Waals surface area contributed by atoms with Gasteiger partial charge in [-0.05, 0) is 63.6 Å². The Labute approximate surface area is 186 Å². The Morgan fingerprint density at radius 3 is 2.53 bits per heavy atom. The molecule has 0 aliphatic heterocycles. The molecule has 0 radical (unpaired) electrons. The number of carbonyl (C=O) groups is 2. The van der Waals surface area contributed by atoms with Crippen LogP contribution in [0, 0.1) is 5.92 Å². The van der Waals surface area contributed by atoms with Gasteiger partial charge in [0.15, 0.2) is 9.84 Å². The number of rotatable bonds is 8. The van der Waals surface area contributed by atoms with Gasteiger partial charge in [0, 0.05) is 17.6 Å². The minimum atomic E-state index is -4.58. The molecule has 7 nitrogen and oxygen atoms in total. The molecule has 11 heteroatoms. The van der Waals surface area contributed by atoms with Crippen molar-refractivity contribution in [3.8, 4) is 0 Å². The molecule has 4 N–H and O–H groups in total. The first-order valence-corrected chi connectivity index (χ1v) is 12.2. The van der Waals surface area contributed by atoms with E-state index in [0.29, 0.717) is 25.7 Å². The second-order valence-corrected chi connectivity index (χ2v) is 11.1. The van der Waals surface area contributed by atoms with Gasteiger partial charge in [-0.1, -0.05) is 6.07 Å². The minimum Gasteiger partial charge on any atom is -0.352 e.